The van der Waals surface area contributed by atoms with Gasteiger partial charge in [-0.2, -0.15) is 5.26 Å². The Morgan fingerprint density at radius 3 is 2.65 bits per heavy atom. The lowest BCUT2D eigenvalue weighted by Crippen LogP contribution is -2.49. The van der Waals surface area contributed by atoms with E-state index in [1.54, 1.807) is 0 Å². The minimum Gasteiger partial charge on any atom is -0.367 e. The minimum atomic E-state index is -0.422. The Hall–Kier alpha value is -1.05. The van der Waals surface area contributed by atoms with Gasteiger partial charge in [0.1, 0.15) is 5.54 Å². The third-order valence-electron chi connectivity index (χ3n) is 3.76. The molecule has 1 aliphatic heterocycles. The van der Waals surface area contributed by atoms with Crippen LogP contribution >= 0.6 is 15.9 Å². The summed E-state index contributed by atoms with van der Waals surface area (Å²) in [5, 5.41) is 13.0. The first kappa shape index (κ1) is 15.3. The average Bonchev–Trinajstić information content (AvgIpc) is 2.41. The van der Waals surface area contributed by atoms with Crippen molar-refractivity contribution in [3.05, 3.63) is 28.7 Å². The second-order valence-corrected chi connectivity index (χ2v) is 6.94. The third-order valence-corrected chi connectivity index (χ3v) is 4.25. The van der Waals surface area contributed by atoms with Crippen LogP contribution in [-0.4, -0.2) is 30.1 Å². The van der Waals surface area contributed by atoms with E-state index in [-0.39, 0.29) is 0 Å². The van der Waals surface area contributed by atoms with E-state index in [4.69, 9.17) is 0 Å². The number of halogens is 1. The van der Waals surface area contributed by atoms with E-state index < -0.39 is 5.54 Å². The molecule has 1 saturated heterocycles. The largest absolute Gasteiger partial charge is 0.367 e. The van der Waals surface area contributed by atoms with E-state index in [1.165, 1.54) is 0 Å². The number of hydrogen-bond acceptors (Lipinski definition) is 3. The van der Waals surface area contributed by atoms with Crippen LogP contribution in [0.2, 0.25) is 0 Å². The van der Waals surface area contributed by atoms with Gasteiger partial charge in [0.05, 0.1) is 6.07 Å². The Bertz CT molecular complexity index is 485. The zero-order chi connectivity index (χ0) is 14.6. The van der Waals surface area contributed by atoms with E-state index in [9.17, 15) is 5.26 Å². The number of piperidine rings is 1. The zero-order valence-corrected chi connectivity index (χ0v) is 13.8. The monoisotopic (exact) mass is 335 g/mol. The number of rotatable bonds is 4. The molecule has 2 rings (SSSR count). The molecule has 0 aromatic heterocycles. The summed E-state index contributed by atoms with van der Waals surface area (Å²) < 4.78 is 1.04. The van der Waals surface area contributed by atoms with Crippen molar-refractivity contribution in [2.24, 2.45) is 5.92 Å². The Morgan fingerprint density at radius 1 is 1.40 bits per heavy atom. The Kier molecular flexibility index (Phi) is 5.06. The van der Waals surface area contributed by atoms with Gasteiger partial charge >= 0.3 is 0 Å². The molecule has 0 atom stereocenters. The maximum atomic E-state index is 9.60. The Labute approximate surface area is 130 Å². The smallest absolute Gasteiger partial charge is 0.127 e. The van der Waals surface area contributed by atoms with Crippen LogP contribution in [0.1, 0.15) is 26.7 Å². The van der Waals surface area contributed by atoms with Crippen molar-refractivity contribution >= 4 is 21.6 Å². The van der Waals surface area contributed by atoms with E-state index in [0.717, 1.165) is 42.6 Å². The summed E-state index contributed by atoms with van der Waals surface area (Å²) in [6, 6.07) is 10.5. The number of benzene rings is 1. The molecule has 1 heterocycles. The summed E-state index contributed by atoms with van der Waals surface area (Å²) in [5.74, 6) is 0.683. The van der Waals surface area contributed by atoms with Crippen LogP contribution in [0, 0.1) is 17.2 Å². The van der Waals surface area contributed by atoms with Gasteiger partial charge in [-0.1, -0.05) is 35.8 Å². The zero-order valence-electron chi connectivity index (χ0n) is 12.2. The van der Waals surface area contributed by atoms with Gasteiger partial charge in [0.15, 0.2) is 0 Å². The fourth-order valence-corrected chi connectivity index (χ4v) is 3.14. The lowest BCUT2D eigenvalue weighted by molar-refractivity contribution is 0.179. The number of likely N-dealkylation sites (tertiary alicyclic amines) is 1. The van der Waals surface area contributed by atoms with E-state index in [1.807, 2.05) is 24.3 Å². The lowest BCUT2D eigenvalue weighted by atomic mass is 9.88. The fraction of sp³-hybridized carbons (Fsp3) is 0.562. The first-order chi connectivity index (χ1) is 9.53. The predicted octanol–water partition coefficient (Wildman–Crippen LogP) is 3.88. The molecule has 1 N–H and O–H groups in total. The highest BCUT2D eigenvalue weighted by Gasteiger charge is 2.34. The minimum absolute atomic E-state index is 0.422. The summed E-state index contributed by atoms with van der Waals surface area (Å²) in [4.78, 5) is 2.46. The van der Waals surface area contributed by atoms with Crippen LogP contribution in [0.5, 0.6) is 0 Å². The summed E-state index contributed by atoms with van der Waals surface area (Å²) in [5.41, 5.74) is 0.590. The number of nitriles is 1. The summed E-state index contributed by atoms with van der Waals surface area (Å²) in [6.45, 7) is 7.59. The first-order valence-electron chi connectivity index (χ1n) is 7.20. The number of anilines is 1. The molecule has 20 heavy (non-hydrogen) atoms. The number of nitrogens with zero attached hydrogens (tertiary/aromatic N) is 2. The highest BCUT2D eigenvalue weighted by Crippen LogP contribution is 2.28. The van der Waals surface area contributed by atoms with Crippen LogP contribution < -0.4 is 5.32 Å². The molecule has 1 fully saturated rings. The molecule has 0 spiro atoms. The van der Waals surface area contributed by atoms with Gasteiger partial charge in [-0.15, -0.1) is 0 Å². The number of hydrogen-bond donors (Lipinski definition) is 1. The molecule has 0 amide bonds. The molecular formula is C16H22BrN3. The van der Waals surface area contributed by atoms with Crippen LogP contribution in [0.15, 0.2) is 28.7 Å². The van der Waals surface area contributed by atoms with Crippen molar-refractivity contribution in [1.82, 2.24) is 4.90 Å². The van der Waals surface area contributed by atoms with Crippen molar-refractivity contribution < 1.29 is 0 Å². The fourth-order valence-electron chi connectivity index (χ4n) is 2.74. The molecule has 0 unspecified atom stereocenters. The van der Waals surface area contributed by atoms with Gasteiger partial charge in [-0.05, 0) is 37.0 Å². The molecule has 3 nitrogen and oxygen atoms in total. The summed E-state index contributed by atoms with van der Waals surface area (Å²) in [6.07, 6.45) is 1.76. The highest BCUT2D eigenvalue weighted by atomic mass is 79.9. The van der Waals surface area contributed by atoms with Crippen molar-refractivity contribution in [3.63, 3.8) is 0 Å². The Balaban J connectivity index is 2.00. The normalized spacial score (nSPS) is 18.8. The summed E-state index contributed by atoms with van der Waals surface area (Å²) >= 11 is 3.47. The maximum absolute atomic E-state index is 9.60. The molecule has 0 aliphatic carbocycles. The van der Waals surface area contributed by atoms with Crippen LogP contribution in [0.3, 0.4) is 0 Å². The molecule has 0 radical (unpaired) electrons. The van der Waals surface area contributed by atoms with E-state index in [0.29, 0.717) is 5.92 Å². The van der Waals surface area contributed by atoms with Crippen LogP contribution in [0.25, 0.3) is 0 Å². The topological polar surface area (TPSA) is 39.1 Å². The van der Waals surface area contributed by atoms with Crippen LogP contribution in [0.4, 0.5) is 5.69 Å². The van der Waals surface area contributed by atoms with Gasteiger partial charge in [0.2, 0.25) is 0 Å². The molecule has 108 valence electrons. The second kappa shape index (κ2) is 6.60. The van der Waals surface area contributed by atoms with E-state index in [2.05, 4.69) is 46.1 Å². The van der Waals surface area contributed by atoms with Crippen molar-refractivity contribution in [3.8, 4) is 6.07 Å². The van der Waals surface area contributed by atoms with Crippen molar-refractivity contribution in [2.45, 2.75) is 32.2 Å². The first-order valence-corrected chi connectivity index (χ1v) is 8.00. The SMILES string of the molecule is CC(C)CN1CCC(C#N)(Nc2cccc(Br)c2)CC1. The van der Waals surface area contributed by atoms with Crippen molar-refractivity contribution in [2.75, 3.05) is 25.0 Å². The van der Waals surface area contributed by atoms with Gasteiger partial charge in [-0.25, -0.2) is 0 Å². The summed E-state index contributed by atoms with van der Waals surface area (Å²) in [7, 11) is 0. The maximum Gasteiger partial charge on any atom is 0.127 e. The third kappa shape index (κ3) is 3.97. The Morgan fingerprint density at radius 2 is 2.10 bits per heavy atom. The highest BCUT2D eigenvalue weighted by molar-refractivity contribution is 9.10. The average molecular weight is 336 g/mol. The van der Waals surface area contributed by atoms with Gasteiger partial charge < -0.3 is 10.2 Å². The van der Waals surface area contributed by atoms with Crippen molar-refractivity contribution in [1.29, 1.82) is 5.26 Å². The lowest BCUT2D eigenvalue weighted by Gasteiger charge is -2.39. The standard InChI is InChI=1S/C16H22BrN3/c1-13(2)11-20-8-6-16(12-18,7-9-20)19-15-5-3-4-14(17)10-15/h3-5,10,13,19H,6-9,11H2,1-2H3. The molecule has 0 saturated carbocycles. The van der Waals surface area contributed by atoms with Gasteiger partial charge in [0.25, 0.3) is 0 Å². The molecular weight excluding hydrogens is 314 g/mol. The molecule has 1 aromatic rings. The van der Waals surface area contributed by atoms with Gasteiger partial charge in [0, 0.05) is 29.8 Å². The molecule has 4 heteroatoms. The quantitative estimate of drug-likeness (QED) is 0.907. The molecule has 1 aromatic carbocycles. The number of nitrogens with one attached hydrogen (secondary N) is 1. The second-order valence-electron chi connectivity index (χ2n) is 6.02. The van der Waals surface area contributed by atoms with E-state index >= 15 is 0 Å². The van der Waals surface area contributed by atoms with Crippen LogP contribution in [-0.2, 0) is 0 Å². The molecule has 1 aliphatic rings. The molecule has 0 bridgehead atoms. The predicted molar refractivity (Wildman–Crippen MR) is 86.6 cm³/mol. The van der Waals surface area contributed by atoms with Gasteiger partial charge in [-0.3, -0.25) is 0 Å².